The molecular weight excluding hydrogens is 280 g/mol. The Morgan fingerprint density at radius 3 is 2.85 bits per heavy atom. The lowest BCUT2D eigenvalue weighted by Crippen LogP contribution is -2.29. The van der Waals surface area contributed by atoms with Gasteiger partial charge in [0.2, 0.25) is 5.95 Å². The second-order valence-electron chi connectivity index (χ2n) is 4.81. The predicted octanol–water partition coefficient (Wildman–Crippen LogP) is 1.79. The highest BCUT2D eigenvalue weighted by Crippen LogP contribution is 2.22. The monoisotopic (exact) mass is 294 g/mol. The van der Waals surface area contributed by atoms with E-state index in [-0.39, 0.29) is 11.7 Å². The van der Waals surface area contributed by atoms with Crippen LogP contribution in [0.15, 0.2) is 18.2 Å². The number of H-pyrrole nitrogens is 1. The Balaban J connectivity index is 1.78. The number of aromatic nitrogens is 2. The van der Waals surface area contributed by atoms with Crippen molar-refractivity contribution in [1.29, 1.82) is 0 Å². The van der Waals surface area contributed by atoms with Gasteiger partial charge in [-0.25, -0.2) is 4.98 Å². The standard InChI is InChI=1S/C12H14N4O3S/c17-16(18)9-1-2-10-11(7-9)15-12(14-10)13-8-3-5-20(19)6-4-8/h1-2,7-8H,3-6H2,(H2,13,14,15). The van der Waals surface area contributed by atoms with Crippen LogP contribution >= 0.6 is 0 Å². The van der Waals surface area contributed by atoms with E-state index in [1.807, 2.05) is 0 Å². The molecule has 0 amide bonds. The average Bonchev–Trinajstić information content (AvgIpc) is 2.82. The van der Waals surface area contributed by atoms with Gasteiger partial charge in [-0.2, -0.15) is 0 Å². The zero-order valence-electron chi connectivity index (χ0n) is 10.7. The smallest absolute Gasteiger partial charge is 0.271 e. The molecule has 2 heterocycles. The number of benzene rings is 1. The van der Waals surface area contributed by atoms with Crippen LogP contribution < -0.4 is 5.32 Å². The Morgan fingerprint density at radius 1 is 1.40 bits per heavy atom. The minimum atomic E-state index is -0.688. The van der Waals surface area contributed by atoms with Crippen molar-refractivity contribution in [3.8, 4) is 0 Å². The van der Waals surface area contributed by atoms with Gasteiger partial charge in [-0.1, -0.05) is 0 Å². The quantitative estimate of drug-likeness (QED) is 0.664. The molecule has 1 saturated heterocycles. The van der Waals surface area contributed by atoms with Gasteiger partial charge in [-0.3, -0.25) is 14.3 Å². The molecular formula is C12H14N4O3S. The maximum Gasteiger partial charge on any atom is 0.271 e. The van der Waals surface area contributed by atoms with Gasteiger partial charge < -0.3 is 10.3 Å². The molecule has 1 fully saturated rings. The molecule has 0 aliphatic carbocycles. The van der Waals surface area contributed by atoms with Crippen LogP contribution in [-0.4, -0.2) is 36.6 Å². The average molecular weight is 294 g/mol. The van der Waals surface area contributed by atoms with Crippen molar-refractivity contribution in [1.82, 2.24) is 9.97 Å². The maximum atomic E-state index is 11.3. The molecule has 20 heavy (non-hydrogen) atoms. The van der Waals surface area contributed by atoms with Crippen LogP contribution in [0, 0.1) is 10.1 Å². The summed E-state index contributed by atoms with van der Waals surface area (Å²) in [6.07, 6.45) is 1.70. The van der Waals surface area contributed by atoms with Crippen LogP contribution in [-0.2, 0) is 10.8 Å². The lowest BCUT2D eigenvalue weighted by atomic mass is 10.2. The molecule has 0 spiro atoms. The predicted molar refractivity (Wildman–Crippen MR) is 77.3 cm³/mol. The number of hydrogen-bond donors (Lipinski definition) is 2. The Kier molecular flexibility index (Phi) is 3.39. The Labute approximate surface area is 117 Å². The summed E-state index contributed by atoms with van der Waals surface area (Å²) in [6, 6.07) is 4.80. The fourth-order valence-corrected chi connectivity index (χ4v) is 3.61. The Bertz CT molecular complexity index is 674. The van der Waals surface area contributed by atoms with E-state index in [1.165, 1.54) is 12.1 Å². The number of imidazole rings is 1. The number of hydrogen-bond acceptors (Lipinski definition) is 5. The van der Waals surface area contributed by atoms with Gasteiger partial charge in [0.15, 0.2) is 0 Å². The first-order valence-corrected chi connectivity index (χ1v) is 7.86. The van der Waals surface area contributed by atoms with E-state index in [0.717, 1.165) is 12.8 Å². The summed E-state index contributed by atoms with van der Waals surface area (Å²) in [5, 5.41) is 14.0. The van der Waals surface area contributed by atoms with Crippen molar-refractivity contribution >= 4 is 33.5 Å². The van der Waals surface area contributed by atoms with Crippen molar-refractivity contribution in [2.75, 3.05) is 16.8 Å². The highest BCUT2D eigenvalue weighted by Gasteiger charge is 2.19. The number of aromatic amines is 1. The topological polar surface area (TPSA) is 101 Å². The molecule has 7 nitrogen and oxygen atoms in total. The molecule has 0 bridgehead atoms. The number of fused-ring (bicyclic) bond motifs is 1. The number of non-ortho nitro benzene ring substituents is 1. The number of nitro benzene ring substituents is 1. The summed E-state index contributed by atoms with van der Waals surface area (Å²) >= 11 is 0. The largest absolute Gasteiger partial charge is 0.353 e. The molecule has 1 aliphatic rings. The molecule has 1 aromatic heterocycles. The number of anilines is 1. The van der Waals surface area contributed by atoms with Gasteiger partial charge in [-0.15, -0.1) is 0 Å². The molecule has 2 N–H and O–H groups in total. The maximum absolute atomic E-state index is 11.3. The van der Waals surface area contributed by atoms with Crippen LogP contribution in [0.5, 0.6) is 0 Å². The third kappa shape index (κ3) is 2.64. The van der Waals surface area contributed by atoms with Crippen LogP contribution in [0.3, 0.4) is 0 Å². The van der Waals surface area contributed by atoms with Crippen LogP contribution in [0.2, 0.25) is 0 Å². The summed E-state index contributed by atoms with van der Waals surface area (Å²) in [5.41, 5.74) is 1.37. The molecule has 0 saturated carbocycles. The molecule has 1 aliphatic heterocycles. The molecule has 1 aromatic carbocycles. The lowest BCUT2D eigenvalue weighted by Gasteiger charge is -2.21. The summed E-state index contributed by atoms with van der Waals surface area (Å²) in [5.74, 6) is 2.03. The molecule has 106 valence electrons. The molecule has 0 unspecified atom stereocenters. The van der Waals surface area contributed by atoms with Gasteiger partial charge in [0.25, 0.3) is 5.69 Å². The molecule has 2 aromatic rings. The van der Waals surface area contributed by atoms with Crippen molar-refractivity contribution in [2.24, 2.45) is 0 Å². The van der Waals surface area contributed by atoms with E-state index < -0.39 is 15.7 Å². The normalized spacial score (nSPS) is 22.8. The van der Waals surface area contributed by atoms with Gasteiger partial charge >= 0.3 is 0 Å². The van der Waals surface area contributed by atoms with E-state index in [2.05, 4.69) is 15.3 Å². The molecule has 8 heteroatoms. The Hall–Kier alpha value is -1.96. The van der Waals surface area contributed by atoms with Gasteiger partial charge in [0.05, 0.1) is 16.0 Å². The fraction of sp³-hybridized carbons (Fsp3) is 0.417. The summed E-state index contributed by atoms with van der Waals surface area (Å²) in [4.78, 5) is 17.7. The second-order valence-corrected chi connectivity index (χ2v) is 6.51. The van der Waals surface area contributed by atoms with E-state index in [1.54, 1.807) is 6.07 Å². The van der Waals surface area contributed by atoms with Crippen LogP contribution in [0.25, 0.3) is 11.0 Å². The van der Waals surface area contributed by atoms with Gasteiger partial charge in [0, 0.05) is 40.5 Å². The third-order valence-corrected chi connectivity index (χ3v) is 4.79. The van der Waals surface area contributed by atoms with Crippen molar-refractivity contribution in [3.63, 3.8) is 0 Å². The zero-order chi connectivity index (χ0) is 14.1. The number of nitro groups is 1. The van der Waals surface area contributed by atoms with E-state index in [0.29, 0.717) is 28.5 Å². The van der Waals surface area contributed by atoms with Crippen molar-refractivity contribution in [2.45, 2.75) is 18.9 Å². The highest BCUT2D eigenvalue weighted by atomic mass is 32.2. The lowest BCUT2D eigenvalue weighted by molar-refractivity contribution is -0.384. The first kappa shape index (κ1) is 13.0. The third-order valence-electron chi connectivity index (χ3n) is 3.41. The Morgan fingerprint density at radius 2 is 2.15 bits per heavy atom. The minimum absolute atomic E-state index is 0.0424. The molecule has 0 radical (unpaired) electrons. The van der Waals surface area contributed by atoms with Crippen LogP contribution in [0.4, 0.5) is 11.6 Å². The van der Waals surface area contributed by atoms with Crippen molar-refractivity contribution < 1.29 is 9.13 Å². The van der Waals surface area contributed by atoms with Gasteiger partial charge in [-0.05, 0) is 18.9 Å². The van der Waals surface area contributed by atoms with E-state index in [4.69, 9.17) is 0 Å². The molecule has 0 atom stereocenters. The van der Waals surface area contributed by atoms with Crippen LogP contribution in [0.1, 0.15) is 12.8 Å². The number of rotatable bonds is 3. The highest BCUT2D eigenvalue weighted by molar-refractivity contribution is 7.85. The number of nitrogens with one attached hydrogen (secondary N) is 2. The van der Waals surface area contributed by atoms with Crippen molar-refractivity contribution in [3.05, 3.63) is 28.3 Å². The SMILES string of the molecule is O=[N+]([O-])c1ccc2nc(NC3CCS(=O)CC3)[nH]c2c1. The summed E-state index contributed by atoms with van der Waals surface area (Å²) in [6.45, 7) is 0. The summed E-state index contributed by atoms with van der Waals surface area (Å²) in [7, 11) is -0.688. The summed E-state index contributed by atoms with van der Waals surface area (Å²) < 4.78 is 11.3. The van der Waals surface area contributed by atoms with Gasteiger partial charge in [0.1, 0.15) is 0 Å². The van der Waals surface area contributed by atoms with E-state index >= 15 is 0 Å². The molecule has 3 rings (SSSR count). The first-order valence-electron chi connectivity index (χ1n) is 6.37. The number of nitrogens with zero attached hydrogens (tertiary/aromatic N) is 2. The fourth-order valence-electron chi connectivity index (χ4n) is 2.31. The first-order chi connectivity index (χ1) is 9.61. The zero-order valence-corrected chi connectivity index (χ0v) is 11.5. The minimum Gasteiger partial charge on any atom is -0.353 e. The second kappa shape index (κ2) is 5.20. The van der Waals surface area contributed by atoms with E-state index in [9.17, 15) is 14.3 Å².